The average molecular weight is 509 g/mol. The van der Waals surface area contributed by atoms with E-state index in [4.69, 9.17) is 23.2 Å². The van der Waals surface area contributed by atoms with Gasteiger partial charge in [0, 0.05) is 5.69 Å². The Morgan fingerprint density at radius 1 is 1.09 bits per heavy atom. The lowest BCUT2D eigenvalue weighted by molar-refractivity contribution is 0.256. The summed E-state index contributed by atoms with van der Waals surface area (Å²) in [7, 11) is -4.06. The number of urea groups is 1. The van der Waals surface area contributed by atoms with Crippen LogP contribution in [0.2, 0.25) is 9.36 Å². The lowest BCUT2D eigenvalue weighted by Crippen LogP contribution is -2.33. The van der Waals surface area contributed by atoms with E-state index in [1.54, 1.807) is 6.07 Å². The minimum absolute atomic E-state index is 0.0931. The molecule has 0 aliphatic rings. The number of sulfonamides is 1. The van der Waals surface area contributed by atoms with Crippen molar-refractivity contribution >= 4 is 67.2 Å². The number of fused-ring (bicyclic) bond motifs is 1. The molecule has 0 fully saturated rings. The minimum atomic E-state index is -4.06. The molecule has 0 aliphatic heterocycles. The lowest BCUT2D eigenvalue weighted by Gasteiger charge is -2.12. The summed E-state index contributed by atoms with van der Waals surface area (Å²) in [5, 5.41) is 3.00. The molecule has 32 heavy (non-hydrogen) atoms. The van der Waals surface area contributed by atoms with E-state index >= 15 is 0 Å². The molecule has 4 aromatic rings. The zero-order valence-electron chi connectivity index (χ0n) is 16.3. The quantitative estimate of drug-likeness (QED) is 0.419. The number of hydrogen-bond donors (Lipinski definition) is 2. The van der Waals surface area contributed by atoms with E-state index in [1.165, 1.54) is 41.2 Å². The van der Waals surface area contributed by atoms with Crippen molar-refractivity contribution in [1.29, 1.82) is 0 Å². The highest BCUT2D eigenvalue weighted by Gasteiger charge is 2.20. The standard InChI is InChI=1S/C20H14Cl2N4O4S2/c1-11-2-4-13-15(8-11)23-10-26(19(13)27)16-5-3-12(9-14(16)21)24-20(28)25-32(29,30)18-7-6-17(22)31-18/h2-10H,1H3,(H2,24,25,28). The summed E-state index contributed by atoms with van der Waals surface area (Å²) >= 11 is 12.9. The molecule has 0 saturated carbocycles. The predicted molar refractivity (Wildman–Crippen MR) is 126 cm³/mol. The van der Waals surface area contributed by atoms with Crippen molar-refractivity contribution in [3.05, 3.63) is 80.1 Å². The van der Waals surface area contributed by atoms with Crippen LogP contribution < -0.4 is 15.6 Å². The maximum Gasteiger partial charge on any atom is 0.333 e. The van der Waals surface area contributed by atoms with Crippen LogP contribution in [-0.2, 0) is 10.0 Å². The molecule has 12 heteroatoms. The van der Waals surface area contributed by atoms with E-state index in [9.17, 15) is 18.0 Å². The number of rotatable bonds is 4. The Morgan fingerprint density at radius 2 is 1.88 bits per heavy atom. The van der Waals surface area contributed by atoms with Crippen LogP contribution in [0.25, 0.3) is 16.6 Å². The smallest absolute Gasteiger partial charge is 0.307 e. The SMILES string of the molecule is Cc1ccc2c(=O)n(-c3ccc(NC(=O)NS(=O)(=O)c4ccc(Cl)s4)cc3Cl)cnc2c1. The van der Waals surface area contributed by atoms with Crippen molar-refractivity contribution in [3.8, 4) is 5.69 Å². The van der Waals surface area contributed by atoms with E-state index in [1.807, 2.05) is 23.8 Å². The van der Waals surface area contributed by atoms with Gasteiger partial charge in [-0.05, 0) is 55.0 Å². The van der Waals surface area contributed by atoms with Gasteiger partial charge in [0.2, 0.25) is 0 Å². The molecule has 8 nitrogen and oxygen atoms in total. The van der Waals surface area contributed by atoms with Crippen molar-refractivity contribution < 1.29 is 13.2 Å². The number of nitrogens with zero attached hydrogens (tertiary/aromatic N) is 2. The van der Waals surface area contributed by atoms with Gasteiger partial charge in [0.1, 0.15) is 10.5 Å². The van der Waals surface area contributed by atoms with Crippen molar-refractivity contribution in [2.75, 3.05) is 5.32 Å². The van der Waals surface area contributed by atoms with Crippen LogP contribution in [0.4, 0.5) is 10.5 Å². The van der Waals surface area contributed by atoms with Crippen LogP contribution in [-0.4, -0.2) is 24.0 Å². The third-order valence-corrected chi connectivity index (χ3v) is 7.78. The van der Waals surface area contributed by atoms with Gasteiger partial charge in [-0.15, -0.1) is 11.3 Å². The highest BCUT2D eigenvalue weighted by molar-refractivity contribution is 7.92. The Morgan fingerprint density at radius 3 is 2.56 bits per heavy atom. The number of aryl methyl sites for hydroxylation is 1. The van der Waals surface area contributed by atoms with Crippen molar-refractivity contribution in [2.45, 2.75) is 11.1 Å². The van der Waals surface area contributed by atoms with Gasteiger partial charge in [0.05, 0.1) is 25.9 Å². The van der Waals surface area contributed by atoms with Crippen molar-refractivity contribution in [2.24, 2.45) is 0 Å². The first-order valence-corrected chi connectivity index (χ1v) is 12.1. The Balaban J connectivity index is 1.57. The second-order valence-corrected chi connectivity index (χ2v) is 10.8. The zero-order chi connectivity index (χ0) is 23.0. The molecule has 0 radical (unpaired) electrons. The number of halogens is 2. The van der Waals surface area contributed by atoms with Gasteiger partial charge < -0.3 is 5.32 Å². The molecule has 0 aliphatic carbocycles. The molecule has 0 saturated heterocycles. The van der Waals surface area contributed by atoms with Gasteiger partial charge in [-0.2, -0.15) is 0 Å². The van der Waals surface area contributed by atoms with Gasteiger partial charge in [0.15, 0.2) is 0 Å². The first-order chi connectivity index (χ1) is 15.1. The fraction of sp³-hybridized carbons (Fsp3) is 0.0500. The molecular formula is C20H14Cl2N4O4S2. The molecular weight excluding hydrogens is 495 g/mol. The molecule has 2 aromatic heterocycles. The number of thiophene rings is 1. The lowest BCUT2D eigenvalue weighted by atomic mass is 10.2. The number of anilines is 1. The number of nitrogens with one attached hydrogen (secondary N) is 2. The van der Waals surface area contributed by atoms with E-state index in [0.717, 1.165) is 16.9 Å². The largest absolute Gasteiger partial charge is 0.333 e. The van der Waals surface area contributed by atoms with E-state index in [2.05, 4.69) is 10.3 Å². The topological polar surface area (TPSA) is 110 Å². The van der Waals surface area contributed by atoms with Crippen LogP contribution in [0.1, 0.15) is 5.56 Å². The molecule has 2 aromatic carbocycles. The van der Waals surface area contributed by atoms with E-state index < -0.39 is 16.1 Å². The summed E-state index contributed by atoms with van der Waals surface area (Å²) in [6.45, 7) is 1.91. The van der Waals surface area contributed by atoms with Gasteiger partial charge in [-0.25, -0.2) is 22.9 Å². The third-order valence-electron chi connectivity index (χ3n) is 4.42. The fourth-order valence-corrected chi connectivity index (χ4v) is 5.62. The molecule has 0 unspecified atom stereocenters. The molecule has 2 heterocycles. The Bertz CT molecular complexity index is 1530. The molecule has 0 spiro atoms. The number of carbonyl (C=O) groups excluding carboxylic acids is 1. The number of benzene rings is 2. The van der Waals surface area contributed by atoms with Crippen LogP contribution in [0, 0.1) is 6.92 Å². The number of aromatic nitrogens is 2. The molecule has 4 rings (SSSR count). The van der Waals surface area contributed by atoms with Crippen LogP contribution in [0.15, 0.2) is 63.9 Å². The van der Waals surface area contributed by atoms with Gasteiger partial charge in [0.25, 0.3) is 15.6 Å². The molecule has 164 valence electrons. The molecule has 0 atom stereocenters. The maximum absolute atomic E-state index is 12.9. The predicted octanol–water partition coefficient (Wildman–Crippen LogP) is 4.57. The van der Waals surface area contributed by atoms with Gasteiger partial charge in [-0.1, -0.05) is 29.3 Å². The summed E-state index contributed by atoms with van der Waals surface area (Å²) in [5.41, 5.74) is 1.85. The Kier molecular flexibility index (Phi) is 5.95. The van der Waals surface area contributed by atoms with Gasteiger partial charge in [-0.3, -0.25) is 9.36 Å². The average Bonchev–Trinajstić information content (AvgIpc) is 3.16. The molecule has 2 N–H and O–H groups in total. The highest BCUT2D eigenvalue weighted by atomic mass is 35.5. The number of hydrogen-bond acceptors (Lipinski definition) is 6. The zero-order valence-corrected chi connectivity index (χ0v) is 19.4. The monoisotopic (exact) mass is 508 g/mol. The minimum Gasteiger partial charge on any atom is -0.307 e. The number of carbonyl (C=O) groups is 1. The van der Waals surface area contributed by atoms with Crippen LogP contribution in [0.3, 0.4) is 0 Å². The van der Waals surface area contributed by atoms with E-state index in [-0.39, 0.29) is 24.8 Å². The Hall–Kier alpha value is -2.92. The normalized spacial score (nSPS) is 11.5. The number of amides is 2. The third kappa shape index (κ3) is 4.49. The van der Waals surface area contributed by atoms with Crippen molar-refractivity contribution in [3.63, 3.8) is 0 Å². The van der Waals surface area contributed by atoms with Crippen LogP contribution >= 0.6 is 34.5 Å². The fourth-order valence-electron chi connectivity index (χ4n) is 2.95. The maximum atomic E-state index is 12.9. The summed E-state index contributed by atoms with van der Waals surface area (Å²) in [5.74, 6) is 0. The summed E-state index contributed by atoms with van der Waals surface area (Å²) in [6.07, 6.45) is 1.38. The Labute approximate surface area is 196 Å². The van der Waals surface area contributed by atoms with Crippen LogP contribution in [0.5, 0.6) is 0 Å². The summed E-state index contributed by atoms with van der Waals surface area (Å²) < 4.78 is 27.8. The van der Waals surface area contributed by atoms with E-state index in [0.29, 0.717) is 16.6 Å². The van der Waals surface area contributed by atoms with Crippen molar-refractivity contribution in [1.82, 2.24) is 14.3 Å². The molecule has 2 amide bonds. The summed E-state index contributed by atoms with van der Waals surface area (Å²) in [6, 6.07) is 11.5. The first kappa shape index (κ1) is 22.3. The summed E-state index contributed by atoms with van der Waals surface area (Å²) in [4.78, 5) is 29.3. The second-order valence-electron chi connectivity index (χ2n) is 6.72. The second kappa shape index (κ2) is 8.55. The molecule has 0 bridgehead atoms. The van der Waals surface area contributed by atoms with Gasteiger partial charge >= 0.3 is 6.03 Å². The highest BCUT2D eigenvalue weighted by Crippen LogP contribution is 2.26. The first-order valence-electron chi connectivity index (χ1n) is 9.01.